The topological polar surface area (TPSA) is 52.4 Å². The molecule has 0 aliphatic heterocycles. The van der Waals surface area contributed by atoms with E-state index in [1.807, 2.05) is 26.8 Å². The van der Waals surface area contributed by atoms with E-state index >= 15 is 0 Å². The zero-order chi connectivity index (χ0) is 12.3. The first kappa shape index (κ1) is 12.5. The molecule has 0 fully saturated rings. The highest BCUT2D eigenvalue weighted by Gasteiger charge is 2.21. The fourth-order valence-electron chi connectivity index (χ4n) is 1.40. The van der Waals surface area contributed by atoms with Gasteiger partial charge in [0.05, 0.1) is 11.5 Å². The van der Waals surface area contributed by atoms with Crippen LogP contribution in [0.5, 0.6) is 5.75 Å². The van der Waals surface area contributed by atoms with Crippen LogP contribution in [0.15, 0.2) is 18.2 Å². The van der Waals surface area contributed by atoms with Crippen LogP contribution in [0.1, 0.15) is 33.3 Å². The zero-order valence-corrected chi connectivity index (χ0v) is 10.1. The fraction of sp³-hybridized carbons (Fsp3) is 0.500. The molecule has 0 amide bonds. The molecule has 4 nitrogen and oxygen atoms in total. The van der Waals surface area contributed by atoms with Crippen molar-refractivity contribution in [2.24, 2.45) is 0 Å². The van der Waals surface area contributed by atoms with Crippen molar-refractivity contribution in [1.82, 2.24) is 0 Å². The van der Waals surface area contributed by atoms with Crippen LogP contribution in [-0.2, 0) is 5.41 Å². The monoisotopic (exact) mass is 223 g/mol. The van der Waals surface area contributed by atoms with Crippen molar-refractivity contribution in [1.29, 1.82) is 0 Å². The quantitative estimate of drug-likeness (QED) is 0.583. The van der Waals surface area contributed by atoms with Gasteiger partial charge < -0.3 is 4.74 Å². The van der Waals surface area contributed by atoms with Gasteiger partial charge in [0.1, 0.15) is 0 Å². The van der Waals surface area contributed by atoms with E-state index in [0.717, 1.165) is 5.56 Å². The predicted octanol–water partition coefficient (Wildman–Crippen LogP) is 3.29. The lowest BCUT2D eigenvalue weighted by Gasteiger charge is -2.19. The smallest absolute Gasteiger partial charge is 0.311 e. The van der Waals surface area contributed by atoms with E-state index in [1.165, 1.54) is 0 Å². The molecule has 0 saturated heterocycles. The van der Waals surface area contributed by atoms with Gasteiger partial charge in [-0.05, 0) is 24.0 Å². The van der Waals surface area contributed by atoms with Gasteiger partial charge in [0.15, 0.2) is 5.75 Å². The second-order valence-corrected chi connectivity index (χ2v) is 4.62. The van der Waals surface area contributed by atoms with E-state index in [0.29, 0.717) is 12.4 Å². The number of ether oxygens (including phenoxy) is 1. The molecule has 0 spiro atoms. The maximum atomic E-state index is 10.9. The molecule has 0 radical (unpaired) electrons. The number of nitro benzene ring substituents is 1. The van der Waals surface area contributed by atoms with Crippen molar-refractivity contribution in [2.75, 3.05) is 6.61 Å². The Morgan fingerprint density at radius 3 is 2.44 bits per heavy atom. The maximum Gasteiger partial charge on any atom is 0.311 e. The summed E-state index contributed by atoms with van der Waals surface area (Å²) in [5.41, 5.74) is 0.868. The minimum absolute atomic E-state index is 0.0364. The summed E-state index contributed by atoms with van der Waals surface area (Å²) < 4.78 is 5.22. The van der Waals surface area contributed by atoms with Gasteiger partial charge in [-0.15, -0.1) is 0 Å². The van der Waals surface area contributed by atoms with Crippen LogP contribution in [0, 0.1) is 10.1 Å². The molecule has 0 aromatic heterocycles. The van der Waals surface area contributed by atoms with Gasteiger partial charge in [0.25, 0.3) is 0 Å². The van der Waals surface area contributed by atoms with Gasteiger partial charge in [-0.25, -0.2) is 0 Å². The van der Waals surface area contributed by atoms with Crippen LogP contribution in [0.3, 0.4) is 0 Å². The molecule has 0 aliphatic rings. The molecule has 1 aromatic carbocycles. The largest absolute Gasteiger partial charge is 0.487 e. The Morgan fingerprint density at radius 1 is 1.38 bits per heavy atom. The van der Waals surface area contributed by atoms with Crippen LogP contribution in [0.2, 0.25) is 0 Å². The second-order valence-electron chi connectivity index (χ2n) is 4.62. The highest BCUT2D eigenvalue weighted by atomic mass is 16.6. The summed E-state index contributed by atoms with van der Waals surface area (Å²) in [6.07, 6.45) is 0. The van der Waals surface area contributed by atoms with Crippen molar-refractivity contribution in [3.05, 3.63) is 33.9 Å². The summed E-state index contributed by atoms with van der Waals surface area (Å²) in [5, 5.41) is 10.9. The summed E-state index contributed by atoms with van der Waals surface area (Å²) >= 11 is 0. The highest BCUT2D eigenvalue weighted by Crippen LogP contribution is 2.32. The third-order valence-electron chi connectivity index (χ3n) is 2.32. The second kappa shape index (κ2) is 4.51. The Kier molecular flexibility index (Phi) is 3.52. The van der Waals surface area contributed by atoms with Gasteiger partial charge in [0, 0.05) is 6.07 Å². The lowest BCUT2D eigenvalue weighted by atomic mass is 9.87. The Bertz CT molecular complexity index is 394. The zero-order valence-electron chi connectivity index (χ0n) is 10.1. The molecule has 0 aliphatic carbocycles. The molecule has 0 heterocycles. The molecule has 88 valence electrons. The van der Waals surface area contributed by atoms with Crippen LogP contribution in [0.4, 0.5) is 5.69 Å². The van der Waals surface area contributed by atoms with Crippen LogP contribution >= 0.6 is 0 Å². The van der Waals surface area contributed by atoms with Crippen LogP contribution in [0.25, 0.3) is 0 Å². The van der Waals surface area contributed by atoms with Gasteiger partial charge in [0.2, 0.25) is 0 Å². The predicted molar refractivity (Wildman–Crippen MR) is 63.0 cm³/mol. The van der Waals surface area contributed by atoms with Crippen LogP contribution < -0.4 is 4.74 Å². The number of rotatable bonds is 3. The molecule has 4 heteroatoms. The summed E-state index contributed by atoms with van der Waals surface area (Å²) in [6.45, 7) is 8.29. The lowest BCUT2D eigenvalue weighted by molar-refractivity contribution is -0.385. The molecule has 0 N–H and O–H groups in total. The Labute approximate surface area is 95.4 Å². The number of benzene rings is 1. The Morgan fingerprint density at radius 2 is 2.00 bits per heavy atom. The molecule has 0 bridgehead atoms. The molecule has 1 rings (SSSR count). The number of nitro groups is 1. The van der Waals surface area contributed by atoms with E-state index in [1.54, 1.807) is 19.1 Å². The van der Waals surface area contributed by atoms with E-state index in [9.17, 15) is 10.1 Å². The summed E-state index contributed by atoms with van der Waals surface area (Å²) in [5.74, 6) is 0.334. The molecule has 0 saturated carbocycles. The SMILES string of the molecule is CCOc1ccc(C(C)(C)C)cc1[N+](=O)[O-]. The lowest BCUT2D eigenvalue weighted by Crippen LogP contribution is -2.11. The van der Waals surface area contributed by atoms with Gasteiger partial charge >= 0.3 is 5.69 Å². The summed E-state index contributed by atoms with van der Waals surface area (Å²) in [7, 11) is 0. The van der Waals surface area contributed by atoms with Crippen LogP contribution in [-0.4, -0.2) is 11.5 Å². The van der Waals surface area contributed by atoms with Crippen molar-refractivity contribution >= 4 is 5.69 Å². The van der Waals surface area contributed by atoms with Crippen molar-refractivity contribution in [2.45, 2.75) is 33.1 Å². The highest BCUT2D eigenvalue weighted by molar-refractivity contribution is 5.50. The molecular weight excluding hydrogens is 206 g/mol. The first-order chi connectivity index (χ1) is 7.36. The van der Waals surface area contributed by atoms with E-state index in [4.69, 9.17) is 4.74 Å². The fourth-order valence-corrected chi connectivity index (χ4v) is 1.40. The van der Waals surface area contributed by atoms with Crippen molar-refractivity contribution < 1.29 is 9.66 Å². The normalized spacial score (nSPS) is 11.2. The minimum atomic E-state index is -0.403. The van der Waals surface area contributed by atoms with Crippen molar-refractivity contribution in [3.63, 3.8) is 0 Å². The Balaban J connectivity index is 3.23. The standard InChI is InChI=1S/C12H17NO3/c1-5-16-11-7-6-9(12(2,3)4)8-10(11)13(14)15/h6-8H,5H2,1-4H3. The maximum absolute atomic E-state index is 10.9. The Hall–Kier alpha value is -1.58. The molecule has 1 aromatic rings. The van der Waals surface area contributed by atoms with Gasteiger partial charge in [-0.3, -0.25) is 10.1 Å². The van der Waals surface area contributed by atoms with Gasteiger partial charge in [-0.1, -0.05) is 26.8 Å². The number of hydrogen-bond donors (Lipinski definition) is 0. The van der Waals surface area contributed by atoms with E-state index in [2.05, 4.69) is 0 Å². The first-order valence-electron chi connectivity index (χ1n) is 5.28. The third-order valence-corrected chi connectivity index (χ3v) is 2.32. The average molecular weight is 223 g/mol. The van der Waals surface area contributed by atoms with Crippen molar-refractivity contribution in [3.8, 4) is 5.75 Å². The summed E-state index contributed by atoms with van der Waals surface area (Å²) in [6, 6.07) is 5.13. The number of hydrogen-bond acceptors (Lipinski definition) is 3. The average Bonchev–Trinajstić information content (AvgIpc) is 2.16. The molecule has 0 unspecified atom stereocenters. The third kappa shape index (κ3) is 2.72. The molecule has 16 heavy (non-hydrogen) atoms. The molecule has 0 atom stereocenters. The number of nitrogens with zero attached hydrogens (tertiary/aromatic N) is 1. The van der Waals surface area contributed by atoms with Gasteiger partial charge in [-0.2, -0.15) is 0 Å². The summed E-state index contributed by atoms with van der Waals surface area (Å²) in [4.78, 5) is 10.5. The van der Waals surface area contributed by atoms with E-state index < -0.39 is 4.92 Å². The van der Waals surface area contributed by atoms with E-state index in [-0.39, 0.29) is 11.1 Å². The molecular formula is C12H17NO3. The first-order valence-corrected chi connectivity index (χ1v) is 5.28. The minimum Gasteiger partial charge on any atom is -0.487 e.